The third kappa shape index (κ3) is 3.46. The quantitative estimate of drug-likeness (QED) is 0.899. The van der Waals surface area contributed by atoms with Crippen LogP contribution in [0.3, 0.4) is 0 Å². The average Bonchev–Trinajstić information content (AvgIpc) is 3.28. The minimum Gasteiger partial charge on any atom is -0.317 e. The van der Waals surface area contributed by atoms with Gasteiger partial charge in [-0.25, -0.2) is 0 Å². The summed E-state index contributed by atoms with van der Waals surface area (Å²) in [5.74, 6) is 0.931. The van der Waals surface area contributed by atoms with E-state index in [1.807, 2.05) is 0 Å². The summed E-state index contributed by atoms with van der Waals surface area (Å²) >= 11 is 2.12. The van der Waals surface area contributed by atoms with Crippen LogP contribution in [0.15, 0.2) is 29.2 Å². The number of fused-ring (bicyclic) bond motifs is 1. The highest BCUT2D eigenvalue weighted by atomic mass is 32.2. The molecule has 1 aromatic rings. The van der Waals surface area contributed by atoms with E-state index in [4.69, 9.17) is 0 Å². The molecule has 3 aliphatic rings. The molecule has 1 aromatic carbocycles. The van der Waals surface area contributed by atoms with Gasteiger partial charge in [-0.3, -0.25) is 4.90 Å². The summed E-state index contributed by atoms with van der Waals surface area (Å²) in [6.45, 7) is 5.10. The van der Waals surface area contributed by atoms with Gasteiger partial charge >= 0.3 is 0 Å². The van der Waals surface area contributed by atoms with Crippen molar-refractivity contribution in [3.8, 4) is 0 Å². The number of hydrogen-bond acceptors (Lipinski definition) is 3. The predicted octanol–water partition coefficient (Wildman–Crippen LogP) is 3.17. The van der Waals surface area contributed by atoms with Gasteiger partial charge in [0, 0.05) is 29.3 Å². The molecule has 2 aliphatic heterocycles. The van der Waals surface area contributed by atoms with Gasteiger partial charge in [0.2, 0.25) is 0 Å². The molecule has 4 rings (SSSR count). The largest absolute Gasteiger partial charge is 0.317 e. The number of benzene rings is 1. The topological polar surface area (TPSA) is 15.3 Å². The highest BCUT2D eigenvalue weighted by Crippen LogP contribution is 2.39. The molecule has 1 saturated carbocycles. The van der Waals surface area contributed by atoms with Crippen molar-refractivity contribution < 1.29 is 0 Å². The van der Waals surface area contributed by atoms with Crippen molar-refractivity contribution in [2.45, 2.75) is 48.3 Å². The van der Waals surface area contributed by atoms with Crippen LogP contribution in [0.5, 0.6) is 0 Å². The number of piperidine rings is 1. The molecule has 2 nitrogen and oxygen atoms in total. The van der Waals surface area contributed by atoms with Crippen molar-refractivity contribution in [2.24, 2.45) is 5.92 Å². The van der Waals surface area contributed by atoms with Crippen LogP contribution in [0.1, 0.15) is 31.2 Å². The van der Waals surface area contributed by atoms with Crippen molar-refractivity contribution >= 4 is 11.8 Å². The van der Waals surface area contributed by atoms with Crippen molar-refractivity contribution in [3.63, 3.8) is 0 Å². The van der Waals surface area contributed by atoms with Gasteiger partial charge in [0.1, 0.15) is 0 Å². The zero-order valence-corrected chi connectivity index (χ0v) is 13.6. The lowest BCUT2D eigenvalue weighted by Gasteiger charge is -2.31. The normalized spacial score (nSPS) is 26.2. The van der Waals surface area contributed by atoms with Gasteiger partial charge in [-0.05, 0) is 62.7 Å². The molecule has 1 saturated heterocycles. The Morgan fingerprint density at radius 3 is 2.62 bits per heavy atom. The fourth-order valence-electron chi connectivity index (χ4n) is 3.83. The Morgan fingerprint density at radius 1 is 1.05 bits per heavy atom. The Kier molecular flexibility index (Phi) is 4.24. The van der Waals surface area contributed by atoms with Gasteiger partial charge in [-0.1, -0.05) is 18.2 Å². The summed E-state index contributed by atoms with van der Waals surface area (Å²) in [6.07, 6.45) is 6.91. The van der Waals surface area contributed by atoms with E-state index in [0.29, 0.717) is 0 Å². The Balaban J connectivity index is 1.35. The van der Waals surface area contributed by atoms with Crippen LogP contribution in [0, 0.1) is 5.92 Å². The first-order valence-corrected chi connectivity index (χ1v) is 9.46. The second-order valence-electron chi connectivity index (χ2n) is 6.93. The van der Waals surface area contributed by atoms with Crippen molar-refractivity contribution in [3.05, 3.63) is 29.8 Å². The Hall–Kier alpha value is -0.510. The first-order valence-electron chi connectivity index (χ1n) is 8.58. The molecule has 114 valence electrons. The number of nitrogens with one attached hydrogen (secondary N) is 1. The summed E-state index contributed by atoms with van der Waals surface area (Å²) in [7, 11) is 0. The molecule has 2 heterocycles. The number of thioether (sulfide) groups is 1. The molecular weight excluding hydrogens is 276 g/mol. The SMILES string of the molecule is c1ccc2c(c1)CC(CN(CC1CCNCC1)C1CC1)S2. The van der Waals surface area contributed by atoms with Crippen LogP contribution in [0.2, 0.25) is 0 Å². The highest BCUT2D eigenvalue weighted by Gasteiger charge is 2.34. The van der Waals surface area contributed by atoms with Gasteiger partial charge in [-0.15, -0.1) is 11.8 Å². The molecule has 1 atom stereocenters. The summed E-state index contributed by atoms with van der Waals surface area (Å²) in [4.78, 5) is 4.36. The van der Waals surface area contributed by atoms with Crippen LogP contribution < -0.4 is 5.32 Å². The Labute approximate surface area is 132 Å². The minimum absolute atomic E-state index is 0.782. The predicted molar refractivity (Wildman–Crippen MR) is 90.0 cm³/mol. The smallest absolute Gasteiger partial charge is 0.0263 e. The first-order chi connectivity index (χ1) is 10.4. The summed E-state index contributed by atoms with van der Waals surface area (Å²) in [5.41, 5.74) is 1.57. The monoisotopic (exact) mass is 302 g/mol. The molecule has 0 bridgehead atoms. The lowest BCUT2D eigenvalue weighted by Crippen LogP contribution is -2.40. The van der Waals surface area contributed by atoms with E-state index in [2.05, 4.69) is 46.2 Å². The zero-order valence-electron chi connectivity index (χ0n) is 12.8. The van der Waals surface area contributed by atoms with Crippen molar-refractivity contribution in [2.75, 3.05) is 26.2 Å². The van der Waals surface area contributed by atoms with Crippen LogP contribution in [0.25, 0.3) is 0 Å². The fourth-order valence-corrected chi connectivity index (χ4v) is 5.17. The molecule has 1 unspecified atom stereocenters. The van der Waals surface area contributed by atoms with Crippen LogP contribution in [-0.2, 0) is 6.42 Å². The van der Waals surface area contributed by atoms with Gasteiger partial charge in [-0.2, -0.15) is 0 Å². The maximum Gasteiger partial charge on any atom is 0.0263 e. The standard InChI is InChI=1S/C18H26N2S/c1-2-4-18-15(3-1)11-17(21-18)13-20(16-5-6-16)12-14-7-9-19-10-8-14/h1-4,14,16-17,19H,5-13H2. The summed E-state index contributed by atoms with van der Waals surface area (Å²) in [6, 6.07) is 9.89. The second kappa shape index (κ2) is 6.31. The number of nitrogens with zero attached hydrogens (tertiary/aromatic N) is 1. The molecule has 0 aromatic heterocycles. The molecule has 3 heteroatoms. The molecule has 1 N–H and O–H groups in total. The molecule has 0 amide bonds. The average molecular weight is 302 g/mol. The van der Waals surface area contributed by atoms with Gasteiger partial charge in [0.05, 0.1) is 0 Å². The van der Waals surface area contributed by atoms with Gasteiger partial charge < -0.3 is 5.32 Å². The summed E-state index contributed by atoms with van der Waals surface area (Å²) in [5, 5.41) is 4.28. The third-order valence-corrected chi connectivity index (χ3v) is 6.47. The van der Waals surface area contributed by atoms with Crippen LogP contribution >= 0.6 is 11.8 Å². The lowest BCUT2D eigenvalue weighted by atomic mass is 9.97. The van der Waals surface area contributed by atoms with E-state index < -0.39 is 0 Å². The van der Waals surface area contributed by atoms with E-state index >= 15 is 0 Å². The highest BCUT2D eigenvalue weighted by molar-refractivity contribution is 8.00. The van der Waals surface area contributed by atoms with E-state index in [9.17, 15) is 0 Å². The van der Waals surface area contributed by atoms with E-state index in [-0.39, 0.29) is 0 Å². The molecule has 0 spiro atoms. The van der Waals surface area contributed by atoms with E-state index in [1.54, 1.807) is 5.56 Å². The lowest BCUT2D eigenvalue weighted by molar-refractivity contribution is 0.198. The van der Waals surface area contributed by atoms with Gasteiger partial charge in [0.15, 0.2) is 0 Å². The second-order valence-corrected chi connectivity index (χ2v) is 8.27. The Morgan fingerprint density at radius 2 is 1.86 bits per heavy atom. The molecular formula is C18H26N2S. The number of hydrogen-bond donors (Lipinski definition) is 1. The maximum absolute atomic E-state index is 3.50. The number of rotatable bonds is 5. The van der Waals surface area contributed by atoms with Crippen molar-refractivity contribution in [1.82, 2.24) is 10.2 Å². The van der Waals surface area contributed by atoms with Gasteiger partial charge in [0.25, 0.3) is 0 Å². The van der Waals surface area contributed by atoms with Crippen LogP contribution in [0.4, 0.5) is 0 Å². The molecule has 2 fully saturated rings. The summed E-state index contributed by atoms with van der Waals surface area (Å²) < 4.78 is 0. The van der Waals surface area contributed by atoms with E-state index in [1.165, 1.54) is 63.2 Å². The molecule has 1 aliphatic carbocycles. The fraction of sp³-hybridized carbons (Fsp3) is 0.667. The van der Waals surface area contributed by atoms with E-state index in [0.717, 1.165) is 17.2 Å². The molecule has 0 radical (unpaired) electrons. The third-order valence-electron chi connectivity index (χ3n) is 5.17. The van der Waals surface area contributed by atoms with Crippen LogP contribution in [-0.4, -0.2) is 42.4 Å². The molecule has 21 heavy (non-hydrogen) atoms. The van der Waals surface area contributed by atoms with Crippen molar-refractivity contribution in [1.29, 1.82) is 0 Å². The Bertz CT molecular complexity index is 455. The first kappa shape index (κ1) is 14.1. The zero-order chi connectivity index (χ0) is 14.1. The minimum atomic E-state index is 0.782. The maximum atomic E-state index is 3.50.